The first kappa shape index (κ1) is 14.6. The molecule has 0 fully saturated rings. The highest BCUT2D eigenvalue weighted by Gasteiger charge is 2.08. The van der Waals surface area contributed by atoms with Crippen LogP contribution in [-0.2, 0) is 13.1 Å². The third-order valence-corrected chi connectivity index (χ3v) is 2.97. The Morgan fingerprint density at radius 1 is 1.24 bits per heavy atom. The molecule has 6 heteroatoms. The molecule has 0 unspecified atom stereocenters. The number of nitro benzene ring substituents is 1. The molecule has 0 heterocycles. The van der Waals surface area contributed by atoms with Crippen LogP contribution < -0.4 is 5.32 Å². The molecule has 0 spiro atoms. The lowest BCUT2D eigenvalue weighted by Gasteiger charge is -2.07. The maximum absolute atomic E-state index is 13.8. The van der Waals surface area contributed by atoms with Crippen molar-refractivity contribution >= 4 is 5.69 Å². The van der Waals surface area contributed by atoms with E-state index in [0.717, 1.165) is 5.56 Å². The predicted octanol–water partition coefficient (Wildman–Crippen LogP) is 2.90. The van der Waals surface area contributed by atoms with E-state index in [9.17, 15) is 14.5 Å². The lowest BCUT2D eigenvalue weighted by molar-refractivity contribution is -0.384. The highest BCUT2D eigenvalue weighted by Crippen LogP contribution is 2.14. The van der Waals surface area contributed by atoms with Crippen molar-refractivity contribution in [1.82, 2.24) is 5.32 Å². The number of benzene rings is 2. The van der Waals surface area contributed by atoms with Crippen LogP contribution in [0.15, 0.2) is 42.5 Å². The summed E-state index contributed by atoms with van der Waals surface area (Å²) in [6.07, 6.45) is 0. The van der Waals surface area contributed by atoms with Crippen molar-refractivity contribution in [3.8, 4) is 6.07 Å². The molecule has 0 aliphatic heterocycles. The zero-order valence-corrected chi connectivity index (χ0v) is 11.0. The monoisotopic (exact) mass is 285 g/mol. The summed E-state index contributed by atoms with van der Waals surface area (Å²) in [5.74, 6) is -0.536. The molecule has 2 aromatic carbocycles. The third-order valence-electron chi connectivity index (χ3n) is 2.97. The average molecular weight is 285 g/mol. The van der Waals surface area contributed by atoms with Gasteiger partial charge in [-0.2, -0.15) is 5.26 Å². The van der Waals surface area contributed by atoms with Crippen LogP contribution in [0.4, 0.5) is 10.1 Å². The van der Waals surface area contributed by atoms with E-state index in [-0.39, 0.29) is 17.8 Å². The fourth-order valence-electron chi connectivity index (χ4n) is 1.92. The van der Waals surface area contributed by atoms with E-state index in [2.05, 4.69) is 5.32 Å². The van der Waals surface area contributed by atoms with Gasteiger partial charge in [-0.05, 0) is 11.6 Å². The summed E-state index contributed by atoms with van der Waals surface area (Å²) < 4.78 is 13.8. The third kappa shape index (κ3) is 3.61. The molecule has 0 aromatic heterocycles. The minimum atomic E-state index is -0.536. The Hall–Kier alpha value is -2.78. The summed E-state index contributed by atoms with van der Waals surface area (Å²) in [5, 5.41) is 22.4. The SMILES string of the molecule is N#Cc1cccc(CNCc2cccc([N+](=O)[O-])c2)c1F. The van der Waals surface area contributed by atoms with Gasteiger partial charge in [0.25, 0.3) is 5.69 Å². The van der Waals surface area contributed by atoms with Crippen LogP contribution in [0.5, 0.6) is 0 Å². The Morgan fingerprint density at radius 2 is 2.00 bits per heavy atom. The minimum absolute atomic E-state index is 0.00430. The molecule has 0 aliphatic carbocycles. The van der Waals surface area contributed by atoms with Gasteiger partial charge in [0, 0.05) is 30.8 Å². The largest absolute Gasteiger partial charge is 0.309 e. The molecule has 0 atom stereocenters. The summed E-state index contributed by atoms with van der Waals surface area (Å²) in [5.41, 5.74) is 1.15. The Kier molecular flexibility index (Phi) is 4.59. The average Bonchev–Trinajstić information content (AvgIpc) is 2.49. The highest BCUT2D eigenvalue weighted by atomic mass is 19.1. The van der Waals surface area contributed by atoms with E-state index in [1.165, 1.54) is 18.2 Å². The smallest absolute Gasteiger partial charge is 0.269 e. The van der Waals surface area contributed by atoms with E-state index < -0.39 is 10.7 Å². The number of rotatable bonds is 5. The number of non-ortho nitro benzene ring substituents is 1. The van der Waals surface area contributed by atoms with Crippen LogP contribution in [0.3, 0.4) is 0 Å². The van der Waals surface area contributed by atoms with E-state index >= 15 is 0 Å². The summed E-state index contributed by atoms with van der Waals surface area (Å²) in [6.45, 7) is 0.613. The van der Waals surface area contributed by atoms with Gasteiger partial charge < -0.3 is 5.32 Å². The molecule has 0 aliphatic rings. The van der Waals surface area contributed by atoms with Crippen LogP contribution in [0.1, 0.15) is 16.7 Å². The van der Waals surface area contributed by atoms with Crippen molar-refractivity contribution in [2.24, 2.45) is 0 Å². The van der Waals surface area contributed by atoms with Crippen molar-refractivity contribution in [3.63, 3.8) is 0 Å². The highest BCUT2D eigenvalue weighted by molar-refractivity contribution is 5.35. The Balaban J connectivity index is 2.01. The van der Waals surface area contributed by atoms with Gasteiger partial charge in [-0.25, -0.2) is 4.39 Å². The first-order valence-corrected chi connectivity index (χ1v) is 6.23. The number of nitro groups is 1. The van der Waals surface area contributed by atoms with Gasteiger partial charge in [0.05, 0.1) is 10.5 Å². The van der Waals surface area contributed by atoms with Gasteiger partial charge in [0.15, 0.2) is 0 Å². The number of hydrogen-bond acceptors (Lipinski definition) is 4. The normalized spacial score (nSPS) is 10.1. The van der Waals surface area contributed by atoms with Crippen LogP contribution in [-0.4, -0.2) is 4.92 Å². The summed E-state index contributed by atoms with van der Waals surface area (Å²) in [4.78, 5) is 10.2. The van der Waals surface area contributed by atoms with E-state index in [0.29, 0.717) is 12.1 Å². The van der Waals surface area contributed by atoms with Crippen molar-refractivity contribution in [2.75, 3.05) is 0 Å². The number of nitrogens with one attached hydrogen (secondary N) is 1. The molecular weight excluding hydrogens is 273 g/mol. The van der Waals surface area contributed by atoms with Crippen LogP contribution in [0, 0.1) is 27.3 Å². The predicted molar refractivity (Wildman–Crippen MR) is 74.8 cm³/mol. The molecule has 106 valence electrons. The first-order valence-electron chi connectivity index (χ1n) is 6.23. The fraction of sp³-hybridized carbons (Fsp3) is 0.133. The maximum Gasteiger partial charge on any atom is 0.269 e. The number of hydrogen-bond donors (Lipinski definition) is 1. The Morgan fingerprint density at radius 3 is 2.71 bits per heavy atom. The molecule has 21 heavy (non-hydrogen) atoms. The quantitative estimate of drug-likeness (QED) is 0.676. The Labute approximate surface area is 120 Å². The molecule has 2 aromatic rings. The van der Waals surface area contributed by atoms with Crippen molar-refractivity contribution in [1.29, 1.82) is 5.26 Å². The lowest BCUT2D eigenvalue weighted by atomic mass is 10.1. The van der Waals surface area contributed by atoms with Gasteiger partial charge in [-0.3, -0.25) is 10.1 Å². The molecule has 2 rings (SSSR count). The second-order valence-electron chi connectivity index (χ2n) is 4.42. The topological polar surface area (TPSA) is 79.0 Å². The molecule has 0 bridgehead atoms. The van der Waals surface area contributed by atoms with E-state index in [4.69, 9.17) is 5.26 Å². The fourth-order valence-corrected chi connectivity index (χ4v) is 1.92. The Bertz CT molecular complexity index is 710. The summed E-state index contributed by atoms with van der Waals surface area (Å²) in [7, 11) is 0. The molecule has 1 N–H and O–H groups in total. The molecule has 0 amide bonds. The molecule has 0 radical (unpaired) electrons. The standard InChI is InChI=1S/C15H12FN3O2/c16-15-12(8-17)4-2-5-13(15)10-18-9-11-3-1-6-14(7-11)19(20)21/h1-7,18H,9-10H2. The molecule has 0 saturated carbocycles. The van der Waals surface area contributed by atoms with Crippen molar-refractivity contribution in [2.45, 2.75) is 13.1 Å². The number of nitriles is 1. The lowest BCUT2D eigenvalue weighted by Crippen LogP contribution is -2.14. The molecule has 0 saturated heterocycles. The van der Waals surface area contributed by atoms with E-state index in [1.54, 1.807) is 30.3 Å². The summed E-state index contributed by atoms with van der Waals surface area (Å²) in [6, 6.07) is 12.7. The van der Waals surface area contributed by atoms with Crippen LogP contribution in [0.2, 0.25) is 0 Å². The van der Waals surface area contributed by atoms with Gasteiger partial charge >= 0.3 is 0 Å². The number of halogens is 1. The number of nitrogens with zero attached hydrogens (tertiary/aromatic N) is 2. The minimum Gasteiger partial charge on any atom is -0.309 e. The molecule has 5 nitrogen and oxygen atoms in total. The van der Waals surface area contributed by atoms with Crippen molar-refractivity contribution < 1.29 is 9.31 Å². The van der Waals surface area contributed by atoms with Gasteiger partial charge in [-0.15, -0.1) is 0 Å². The summed E-state index contributed by atoms with van der Waals surface area (Å²) >= 11 is 0. The molecular formula is C15H12FN3O2. The van der Waals surface area contributed by atoms with Gasteiger partial charge in [0.1, 0.15) is 11.9 Å². The zero-order chi connectivity index (χ0) is 15.2. The second-order valence-corrected chi connectivity index (χ2v) is 4.42. The zero-order valence-electron chi connectivity index (χ0n) is 11.0. The maximum atomic E-state index is 13.8. The van der Waals surface area contributed by atoms with Gasteiger partial charge in [-0.1, -0.05) is 24.3 Å². The second kappa shape index (κ2) is 6.59. The van der Waals surface area contributed by atoms with Gasteiger partial charge in [0.2, 0.25) is 0 Å². The van der Waals surface area contributed by atoms with Crippen molar-refractivity contribution in [3.05, 3.63) is 75.1 Å². The van der Waals surface area contributed by atoms with Crippen LogP contribution in [0.25, 0.3) is 0 Å². The van der Waals surface area contributed by atoms with E-state index in [1.807, 2.05) is 0 Å². The first-order chi connectivity index (χ1) is 10.1. The van der Waals surface area contributed by atoms with Crippen LogP contribution >= 0.6 is 0 Å².